The molecule has 11 nitrogen and oxygen atoms in total. The van der Waals surface area contributed by atoms with Crippen LogP contribution in [0.25, 0.3) is 0 Å². The number of fused-ring (bicyclic) bond motifs is 1. The van der Waals surface area contributed by atoms with Crippen molar-refractivity contribution in [3.05, 3.63) is 23.8 Å². The second kappa shape index (κ2) is 13.4. The largest absolute Gasteiger partial charge is 0.462 e. The molecule has 0 saturated carbocycles. The van der Waals surface area contributed by atoms with Crippen LogP contribution in [-0.2, 0) is 28.5 Å². The predicted molar refractivity (Wildman–Crippen MR) is 140 cm³/mol. The molecule has 0 aromatic heterocycles. The molecular weight excluding hydrogens is 524 g/mol. The van der Waals surface area contributed by atoms with Crippen molar-refractivity contribution in [3.63, 3.8) is 0 Å². The summed E-state index contributed by atoms with van der Waals surface area (Å²) in [6.07, 6.45) is -0.721. The third-order valence-corrected chi connectivity index (χ3v) is 8.85. The van der Waals surface area contributed by atoms with E-state index in [0.29, 0.717) is 25.7 Å². The maximum absolute atomic E-state index is 13.0. The molecule has 2 saturated heterocycles. The van der Waals surface area contributed by atoms with Gasteiger partial charge in [-0.1, -0.05) is 39.0 Å². The van der Waals surface area contributed by atoms with Gasteiger partial charge in [0.1, 0.15) is 36.6 Å². The lowest BCUT2D eigenvalue weighted by Crippen LogP contribution is -2.60. The Kier molecular flexibility index (Phi) is 10.4. The Morgan fingerprint density at radius 3 is 2.55 bits per heavy atom. The summed E-state index contributed by atoms with van der Waals surface area (Å²) in [6.45, 7) is 5.26. The molecule has 4 aliphatic rings. The average molecular weight is 569 g/mol. The maximum Gasteiger partial charge on any atom is 0.308 e. The van der Waals surface area contributed by atoms with E-state index in [1.807, 2.05) is 26.0 Å². The number of hydrogen-bond acceptors (Lipinski definition) is 11. The molecule has 0 bridgehead atoms. The van der Waals surface area contributed by atoms with Crippen molar-refractivity contribution < 1.29 is 54.1 Å². The summed E-state index contributed by atoms with van der Waals surface area (Å²) in [6, 6.07) is 0. The van der Waals surface area contributed by atoms with Crippen molar-refractivity contribution in [1.82, 2.24) is 0 Å². The fourth-order valence-corrected chi connectivity index (χ4v) is 6.27. The number of ether oxygens (including phenoxy) is 4. The van der Waals surface area contributed by atoms with Gasteiger partial charge in [0, 0.05) is 18.8 Å². The first kappa shape index (κ1) is 31.1. The highest BCUT2D eigenvalue weighted by Gasteiger charge is 2.47. The van der Waals surface area contributed by atoms with Crippen molar-refractivity contribution in [3.8, 4) is 0 Å². The van der Waals surface area contributed by atoms with E-state index in [9.17, 15) is 35.1 Å². The number of aliphatic hydroxyl groups excluding tert-OH is 5. The fraction of sp³-hybridized carbons (Fsp3) is 0.793. The molecular formula is C29H44O11. The van der Waals surface area contributed by atoms with E-state index in [2.05, 4.69) is 13.0 Å². The number of hydrogen-bond donors (Lipinski definition) is 5. The molecule has 0 spiro atoms. The van der Waals surface area contributed by atoms with Crippen LogP contribution in [0.4, 0.5) is 0 Å². The number of rotatable bonds is 9. The summed E-state index contributed by atoms with van der Waals surface area (Å²) in [7, 11) is 0. The molecule has 226 valence electrons. The van der Waals surface area contributed by atoms with Gasteiger partial charge in [-0.3, -0.25) is 9.59 Å². The first-order valence-electron chi connectivity index (χ1n) is 14.5. The van der Waals surface area contributed by atoms with Gasteiger partial charge >= 0.3 is 11.9 Å². The molecule has 1 unspecified atom stereocenters. The summed E-state index contributed by atoms with van der Waals surface area (Å²) < 4.78 is 23.2. The number of allylic oxidation sites excluding steroid dienone is 2. The van der Waals surface area contributed by atoms with Crippen molar-refractivity contribution >= 4 is 11.9 Å². The molecule has 0 radical (unpaired) electrons. The molecule has 2 aliphatic carbocycles. The highest BCUT2D eigenvalue weighted by Crippen LogP contribution is 2.45. The first-order valence-corrected chi connectivity index (χ1v) is 14.5. The average Bonchev–Trinajstić information content (AvgIpc) is 2.91. The van der Waals surface area contributed by atoms with E-state index >= 15 is 0 Å². The van der Waals surface area contributed by atoms with E-state index in [-0.39, 0.29) is 48.6 Å². The highest BCUT2D eigenvalue weighted by molar-refractivity contribution is 5.72. The van der Waals surface area contributed by atoms with Gasteiger partial charge in [0.2, 0.25) is 0 Å². The minimum absolute atomic E-state index is 0.0120. The quantitative estimate of drug-likeness (QED) is 0.248. The van der Waals surface area contributed by atoms with Gasteiger partial charge in [-0.15, -0.1) is 0 Å². The van der Waals surface area contributed by atoms with Crippen molar-refractivity contribution in [1.29, 1.82) is 0 Å². The molecule has 0 amide bonds. The van der Waals surface area contributed by atoms with Crippen LogP contribution < -0.4 is 0 Å². The summed E-state index contributed by atoms with van der Waals surface area (Å²) in [5, 5.41) is 50.4. The normalized spacial score (nSPS) is 42.4. The predicted octanol–water partition coefficient (Wildman–Crippen LogP) is 0.745. The molecule has 5 N–H and O–H groups in total. The molecule has 11 heteroatoms. The summed E-state index contributed by atoms with van der Waals surface area (Å²) in [5.41, 5.74) is 0.909. The molecule has 4 rings (SSSR count). The maximum atomic E-state index is 13.0. The third kappa shape index (κ3) is 6.95. The van der Waals surface area contributed by atoms with Crippen molar-refractivity contribution in [2.24, 2.45) is 23.7 Å². The third-order valence-electron chi connectivity index (χ3n) is 8.85. The Bertz CT molecular complexity index is 948. The monoisotopic (exact) mass is 568 g/mol. The van der Waals surface area contributed by atoms with Gasteiger partial charge in [0.05, 0.1) is 31.2 Å². The van der Waals surface area contributed by atoms with Gasteiger partial charge < -0.3 is 44.5 Å². The van der Waals surface area contributed by atoms with Gasteiger partial charge in [0.25, 0.3) is 0 Å². The zero-order valence-electron chi connectivity index (χ0n) is 23.4. The van der Waals surface area contributed by atoms with Crippen LogP contribution in [0.2, 0.25) is 0 Å². The van der Waals surface area contributed by atoms with Crippen LogP contribution in [0.1, 0.15) is 59.3 Å². The van der Waals surface area contributed by atoms with Crippen molar-refractivity contribution in [2.45, 2.75) is 114 Å². The molecule has 13 atom stereocenters. The zero-order chi connectivity index (χ0) is 29.1. The van der Waals surface area contributed by atoms with Gasteiger partial charge in [-0.2, -0.15) is 0 Å². The molecule has 2 aliphatic heterocycles. The lowest BCUT2D eigenvalue weighted by atomic mass is 9.66. The Morgan fingerprint density at radius 1 is 1.12 bits per heavy atom. The van der Waals surface area contributed by atoms with Crippen LogP contribution in [0, 0.1) is 23.7 Å². The lowest BCUT2D eigenvalue weighted by molar-refractivity contribution is -0.309. The Balaban J connectivity index is 1.55. The van der Waals surface area contributed by atoms with Crippen LogP contribution in [0.5, 0.6) is 0 Å². The molecule has 0 aromatic rings. The number of carbonyl (C=O) groups is 2. The minimum atomic E-state index is -1.56. The van der Waals surface area contributed by atoms with E-state index in [1.54, 1.807) is 0 Å². The van der Waals surface area contributed by atoms with Gasteiger partial charge in [-0.05, 0) is 36.7 Å². The first-order chi connectivity index (χ1) is 19.0. The number of aliphatic hydroxyl groups is 5. The number of carbonyl (C=O) groups excluding carboxylic acids is 2. The fourth-order valence-electron chi connectivity index (χ4n) is 6.27. The Labute approximate surface area is 234 Å². The molecule has 2 heterocycles. The Hall–Kier alpha value is -1.86. The Morgan fingerprint density at radius 2 is 1.88 bits per heavy atom. The summed E-state index contributed by atoms with van der Waals surface area (Å²) >= 11 is 0. The van der Waals surface area contributed by atoms with Crippen LogP contribution in [0.3, 0.4) is 0 Å². The highest BCUT2D eigenvalue weighted by atomic mass is 16.7. The summed E-state index contributed by atoms with van der Waals surface area (Å²) in [5.74, 6) is -0.932. The molecule has 2 fully saturated rings. The van der Waals surface area contributed by atoms with Gasteiger partial charge in [0.15, 0.2) is 6.29 Å². The molecule has 40 heavy (non-hydrogen) atoms. The standard InChI is InChI=1S/C29H44O11/c1-4-14(2)28(36)39-21-12-19(38-29-27(35)26(34)25(33)22(13-30)40-29)9-16-6-5-15(3)20(24(16)21)8-7-18-10-17(31)11-23(32)37-18/h5-6,9,14-15,17-22,24-27,29-31,33-35H,4,7-8,10-13H2,1-3H3/t14-,15-,17+,18+,19+,20-,21-,22+,24-,25-,26-,27+,29?/m0/s1. The smallest absolute Gasteiger partial charge is 0.308 e. The van der Waals surface area contributed by atoms with Crippen LogP contribution >= 0.6 is 0 Å². The second-order valence-electron chi connectivity index (χ2n) is 11.7. The summed E-state index contributed by atoms with van der Waals surface area (Å²) in [4.78, 5) is 24.8. The van der Waals surface area contributed by atoms with Crippen LogP contribution in [0.15, 0.2) is 23.8 Å². The number of cyclic esters (lactones) is 1. The van der Waals surface area contributed by atoms with E-state index in [4.69, 9.17) is 18.9 Å². The molecule has 0 aromatic carbocycles. The van der Waals surface area contributed by atoms with E-state index in [0.717, 1.165) is 5.57 Å². The lowest BCUT2D eigenvalue weighted by Gasteiger charge is -2.45. The van der Waals surface area contributed by atoms with E-state index < -0.39 is 61.6 Å². The zero-order valence-corrected chi connectivity index (χ0v) is 23.4. The van der Waals surface area contributed by atoms with Gasteiger partial charge in [-0.25, -0.2) is 0 Å². The minimum Gasteiger partial charge on any atom is -0.462 e. The second-order valence-corrected chi connectivity index (χ2v) is 11.7. The van der Waals surface area contributed by atoms with E-state index in [1.165, 1.54) is 0 Å². The van der Waals surface area contributed by atoms with Crippen LogP contribution in [-0.4, -0.2) is 99.2 Å². The topological polar surface area (TPSA) is 172 Å². The SMILES string of the molecule is CC[C@H](C)C(=O)O[C@H]1C[C@H](OC2O[C@H](CO)[C@H](O)[C@H](O)[C@H]2O)C=C2C=C[C@H](C)[C@H](CC[C@@H]3C[C@@H](O)CC(=O)O3)[C@H]21. The number of esters is 2. The van der Waals surface area contributed by atoms with Crippen molar-refractivity contribution in [2.75, 3.05) is 6.61 Å².